The Balaban J connectivity index is 1.59. The average molecular weight is 509 g/mol. The smallest absolute Gasteiger partial charge is 0.387 e. The molecule has 2 aliphatic rings. The van der Waals surface area contributed by atoms with Crippen LogP contribution in [0.3, 0.4) is 0 Å². The number of halogens is 2. The van der Waals surface area contributed by atoms with Crippen molar-refractivity contribution in [2.75, 3.05) is 6.98 Å². The number of nitrogens with two attached hydrogens (primary N) is 1. The van der Waals surface area contributed by atoms with Crippen LogP contribution in [-0.4, -0.2) is 49.0 Å². The van der Waals surface area contributed by atoms with Gasteiger partial charge in [-0.1, -0.05) is 6.07 Å². The summed E-state index contributed by atoms with van der Waals surface area (Å²) in [5.74, 6) is -1.19. The van der Waals surface area contributed by atoms with Gasteiger partial charge in [0.25, 0.3) is 5.91 Å². The van der Waals surface area contributed by atoms with Gasteiger partial charge in [-0.3, -0.25) is 4.79 Å². The molecule has 4 aromatic rings. The van der Waals surface area contributed by atoms with Crippen LogP contribution in [0.2, 0.25) is 0 Å². The minimum atomic E-state index is -3.14. The summed E-state index contributed by atoms with van der Waals surface area (Å²) in [6.45, 7) is -0.520. The van der Waals surface area contributed by atoms with Gasteiger partial charge in [-0.05, 0) is 44.9 Å². The fraction of sp³-hybridized carbons (Fsp3) is 0.346. The number of alkyl halides is 2. The number of hydrogen-bond acceptors (Lipinski definition) is 7. The highest BCUT2D eigenvalue weighted by molar-refractivity contribution is 5.98. The van der Waals surface area contributed by atoms with Gasteiger partial charge in [-0.15, -0.1) is 0 Å². The summed E-state index contributed by atoms with van der Waals surface area (Å²) in [6.07, 6.45) is 5.12. The lowest BCUT2D eigenvalue weighted by Crippen LogP contribution is -2.31. The van der Waals surface area contributed by atoms with Crippen LogP contribution in [-0.2, 0) is 5.54 Å². The molecule has 2 atom stereocenters. The maximum Gasteiger partial charge on any atom is 0.387 e. The van der Waals surface area contributed by atoms with Crippen LogP contribution in [0.25, 0.3) is 16.9 Å². The summed E-state index contributed by atoms with van der Waals surface area (Å²) < 4.78 is 57.6. The van der Waals surface area contributed by atoms with Crippen LogP contribution < -0.4 is 10.5 Å². The van der Waals surface area contributed by atoms with Crippen LogP contribution in [0.15, 0.2) is 36.8 Å². The fourth-order valence-corrected chi connectivity index (χ4v) is 5.25. The number of benzene rings is 1. The molecule has 11 heteroatoms. The number of nitrogens with zero attached hydrogens (tertiary/aromatic N) is 6. The van der Waals surface area contributed by atoms with Gasteiger partial charge in [0.1, 0.15) is 11.6 Å². The highest BCUT2D eigenvalue weighted by Crippen LogP contribution is 2.53. The first kappa shape index (κ1) is 20.1. The standard InChI is InChI=1S/C26H25F2N7O2/c1-12-11-35-22(32-20(12)13-9-30-24(31-10-13)26(2,3)29)19-15-8-16(21(19)33-35)34(4)23(36)14-6-5-7-17(18(14)15)37-25(27)28/h5-7,9-11,15-16,25H,8,29H2,1-4H3/t15-,16-/m1/s1/i4D3. The van der Waals surface area contributed by atoms with Crippen molar-refractivity contribution in [3.05, 3.63) is 70.6 Å². The molecule has 0 saturated heterocycles. The van der Waals surface area contributed by atoms with Crippen molar-refractivity contribution < 1.29 is 22.4 Å². The van der Waals surface area contributed by atoms with Gasteiger partial charge in [0.15, 0.2) is 5.65 Å². The Morgan fingerprint density at radius 1 is 1.24 bits per heavy atom. The van der Waals surface area contributed by atoms with Crippen molar-refractivity contribution in [1.82, 2.24) is 29.5 Å². The molecule has 3 aromatic heterocycles. The van der Waals surface area contributed by atoms with E-state index < -0.39 is 37.0 Å². The van der Waals surface area contributed by atoms with E-state index in [0.29, 0.717) is 34.0 Å². The summed E-state index contributed by atoms with van der Waals surface area (Å²) >= 11 is 0. The molecule has 1 aliphatic heterocycles. The summed E-state index contributed by atoms with van der Waals surface area (Å²) in [6, 6.07) is 3.25. The molecule has 0 unspecified atom stereocenters. The number of aryl methyl sites for hydroxylation is 1. The number of carbonyl (C=O) groups excluding carboxylic acids is 1. The highest BCUT2D eigenvalue weighted by atomic mass is 19.3. The van der Waals surface area contributed by atoms with Gasteiger partial charge in [0.2, 0.25) is 0 Å². The minimum Gasteiger partial charge on any atom is -0.434 e. The number of hydrogen-bond donors (Lipinski definition) is 1. The molecule has 0 spiro atoms. The molecule has 9 nitrogen and oxygen atoms in total. The molecule has 2 N–H and O–H groups in total. The molecule has 1 amide bonds. The molecule has 37 heavy (non-hydrogen) atoms. The van der Waals surface area contributed by atoms with E-state index in [9.17, 15) is 13.6 Å². The predicted octanol–water partition coefficient (Wildman–Crippen LogP) is 3.95. The minimum absolute atomic E-state index is 0.00695. The lowest BCUT2D eigenvalue weighted by molar-refractivity contribution is -0.0505. The first-order valence-electron chi connectivity index (χ1n) is 13.2. The zero-order valence-corrected chi connectivity index (χ0v) is 20.2. The predicted molar refractivity (Wildman–Crippen MR) is 130 cm³/mol. The third kappa shape index (κ3) is 3.56. The van der Waals surface area contributed by atoms with Gasteiger partial charge in [0, 0.05) is 57.9 Å². The molecule has 0 saturated carbocycles. The first-order chi connectivity index (χ1) is 18.8. The van der Waals surface area contributed by atoms with E-state index >= 15 is 0 Å². The molecule has 1 aromatic carbocycles. The van der Waals surface area contributed by atoms with E-state index in [1.165, 1.54) is 22.7 Å². The lowest BCUT2D eigenvalue weighted by atomic mass is 9.89. The third-order valence-electron chi connectivity index (χ3n) is 6.87. The Morgan fingerprint density at radius 2 is 2.00 bits per heavy atom. The highest BCUT2D eigenvalue weighted by Gasteiger charge is 2.46. The van der Waals surface area contributed by atoms with Crippen molar-refractivity contribution in [1.29, 1.82) is 0 Å². The number of carbonyl (C=O) groups is 1. The summed E-state index contributed by atoms with van der Waals surface area (Å²) in [5.41, 5.74) is 8.82. The second kappa shape index (κ2) is 8.01. The van der Waals surface area contributed by atoms with Crippen LogP contribution in [0, 0.1) is 6.92 Å². The van der Waals surface area contributed by atoms with E-state index in [2.05, 4.69) is 15.1 Å². The van der Waals surface area contributed by atoms with E-state index in [1.807, 2.05) is 6.92 Å². The van der Waals surface area contributed by atoms with Crippen molar-refractivity contribution in [3.8, 4) is 17.0 Å². The average Bonchev–Trinajstić information content (AvgIpc) is 3.34. The number of ether oxygens (including phenoxy) is 1. The van der Waals surface area contributed by atoms with Crippen molar-refractivity contribution in [2.45, 2.75) is 51.3 Å². The van der Waals surface area contributed by atoms with E-state index in [1.54, 1.807) is 32.4 Å². The maximum atomic E-state index is 13.6. The zero-order chi connectivity index (χ0) is 28.7. The first-order valence-corrected chi connectivity index (χ1v) is 11.7. The molecule has 190 valence electrons. The van der Waals surface area contributed by atoms with E-state index in [4.69, 9.17) is 19.6 Å². The number of amides is 1. The quantitative estimate of drug-likeness (QED) is 0.444. The molecule has 1 aliphatic carbocycles. The van der Waals surface area contributed by atoms with Crippen molar-refractivity contribution in [3.63, 3.8) is 0 Å². The van der Waals surface area contributed by atoms with Crippen LogP contribution in [0.5, 0.6) is 5.75 Å². The molecule has 6 rings (SSSR count). The monoisotopic (exact) mass is 508 g/mol. The maximum absolute atomic E-state index is 13.6. The molecule has 4 heterocycles. The second-order valence-electron chi connectivity index (χ2n) is 9.93. The topological polar surface area (TPSA) is 112 Å². The molecule has 2 bridgehead atoms. The summed E-state index contributed by atoms with van der Waals surface area (Å²) in [4.78, 5) is 28.1. The number of aromatic nitrogens is 5. The van der Waals surface area contributed by atoms with Gasteiger partial charge < -0.3 is 15.4 Å². The van der Waals surface area contributed by atoms with Crippen molar-refractivity contribution >= 4 is 11.6 Å². The van der Waals surface area contributed by atoms with Crippen LogP contribution in [0.1, 0.15) is 74.9 Å². The summed E-state index contributed by atoms with van der Waals surface area (Å²) in [5, 5.41) is 4.65. The Morgan fingerprint density at radius 3 is 2.68 bits per heavy atom. The normalized spacial score (nSPS) is 20.4. The number of rotatable bonds is 4. The molecule has 0 radical (unpaired) electrons. The van der Waals surface area contributed by atoms with Gasteiger partial charge in [0.05, 0.1) is 23.0 Å². The fourth-order valence-electron chi connectivity index (χ4n) is 5.25. The Kier molecular flexibility index (Phi) is 4.35. The van der Waals surface area contributed by atoms with Gasteiger partial charge >= 0.3 is 6.61 Å². The van der Waals surface area contributed by atoms with Crippen molar-refractivity contribution in [2.24, 2.45) is 5.73 Å². The number of fused-ring (bicyclic) bond motifs is 9. The molecular formula is C26H25F2N7O2. The van der Waals surface area contributed by atoms with E-state index in [-0.39, 0.29) is 23.3 Å². The SMILES string of the molecule is [2H]C([2H])([2H])N1C(=O)c2cccc(OC(F)F)c2[C@H]2C[C@@H]1c1nn3cc(C)c(-c4cnc(C(C)(C)N)nc4)nc3c12. The van der Waals surface area contributed by atoms with E-state index in [0.717, 1.165) is 10.5 Å². The largest absolute Gasteiger partial charge is 0.434 e. The Hall–Kier alpha value is -3.99. The Labute approximate surface area is 215 Å². The lowest BCUT2D eigenvalue weighted by Gasteiger charge is -2.23. The molecule has 0 fully saturated rings. The third-order valence-corrected chi connectivity index (χ3v) is 6.87. The van der Waals surface area contributed by atoms with Crippen LogP contribution >= 0.6 is 0 Å². The second-order valence-corrected chi connectivity index (χ2v) is 9.93. The summed E-state index contributed by atoms with van der Waals surface area (Å²) in [7, 11) is 0. The van der Waals surface area contributed by atoms with Gasteiger partial charge in [-0.2, -0.15) is 13.9 Å². The Bertz CT molecular complexity index is 1670. The van der Waals surface area contributed by atoms with Crippen LogP contribution in [0.4, 0.5) is 8.78 Å². The van der Waals surface area contributed by atoms with Gasteiger partial charge in [-0.25, -0.2) is 19.5 Å². The zero-order valence-electron chi connectivity index (χ0n) is 23.2. The molecular weight excluding hydrogens is 480 g/mol.